The summed E-state index contributed by atoms with van der Waals surface area (Å²) in [4.78, 5) is 19.5. The van der Waals surface area contributed by atoms with Gasteiger partial charge in [0.1, 0.15) is 11.4 Å². The third kappa shape index (κ3) is 3.07. The van der Waals surface area contributed by atoms with Gasteiger partial charge in [-0.05, 0) is 37.1 Å². The number of aryl methyl sites for hydroxylation is 2. The number of hydrogen-bond acceptors (Lipinski definition) is 4. The van der Waals surface area contributed by atoms with Gasteiger partial charge in [0.2, 0.25) is 0 Å². The minimum absolute atomic E-state index is 0.211. The third-order valence-electron chi connectivity index (χ3n) is 2.81. The Morgan fingerprint density at radius 2 is 2.05 bits per heavy atom. The van der Waals surface area contributed by atoms with Crippen LogP contribution >= 0.6 is 0 Å². The van der Waals surface area contributed by atoms with Crippen LogP contribution in [0.5, 0.6) is 0 Å². The summed E-state index contributed by atoms with van der Waals surface area (Å²) in [5.41, 5.74) is 2.82. The average Bonchev–Trinajstić information content (AvgIpc) is 2.37. The predicted octanol–water partition coefficient (Wildman–Crippen LogP) is 2.40. The van der Waals surface area contributed by atoms with Gasteiger partial charge >= 0.3 is 5.97 Å². The Labute approximate surface area is 111 Å². The first kappa shape index (κ1) is 13.0. The molecule has 2 aromatic rings. The number of pyridine rings is 2. The Morgan fingerprint density at radius 3 is 2.68 bits per heavy atom. The number of carboxylic acid groups (broad SMARTS) is 1. The molecule has 5 nitrogen and oxygen atoms in total. The predicted molar refractivity (Wildman–Crippen MR) is 72.2 cm³/mol. The molecule has 0 radical (unpaired) electrons. The fourth-order valence-electron chi connectivity index (χ4n) is 1.75. The first-order valence-electron chi connectivity index (χ1n) is 5.92. The summed E-state index contributed by atoms with van der Waals surface area (Å²) in [5.74, 6) is -0.594. The van der Waals surface area contributed by atoms with Gasteiger partial charge in [0.05, 0.1) is 0 Å². The second kappa shape index (κ2) is 5.48. The zero-order chi connectivity index (χ0) is 13.8. The van der Waals surface area contributed by atoms with Crippen LogP contribution in [0.25, 0.3) is 0 Å². The molecule has 0 aromatic carbocycles. The summed E-state index contributed by atoms with van der Waals surface area (Å²) < 4.78 is 0. The second-order valence-corrected chi connectivity index (χ2v) is 4.32. The quantitative estimate of drug-likeness (QED) is 0.879. The first-order chi connectivity index (χ1) is 9.08. The Bertz CT molecular complexity index is 594. The van der Waals surface area contributed by atoms with E-state index in [4.69, 9.17) is 0 Å². The highest BCUT2D eigenvalue weighted by Gasteiger charge is 2.13. The highest BCUT2D eigenvalue weighted by Crippen LogP contribution is 2.17. The van der Waals surface area contributed by atoms with Gasteiger partial charge < -0.3 is 10.4 Å². The van der Waals surface area contributed by atoms with Crippen molar-refractivity contribution in [3.05, 3.63) is 53.0 Å². The maximum absolute atomic E-state index is 11.2. The van der Waals surface area contributed by atoms with E-state index in [1.807, 2.05) is 19.1 Å². The van der Waals surface area contributed by atoms with E-state index in [2.05, 4.69) is 15.3 Å². The Balaban J connectivity index is 2.18. The number of aromatic carboxylic acids is 1. The molecule has 0 aliphatic heterocycles. The highest BCUT2D eigenvalue weighted by atomic mass is 16.4. The fourth-order valence-corrected chi connectivity index (χ4v) is 1.75. The smallest absolute Gasteiger partial charge is 0.339 e. The molecule has 2 aromatic heterocycles. The number of carbonyl (C=O) groups is 1. The van der Waals surface area contributed by atoms with Gasteiger partial charge in [-0.15, -0.1) is 0 Å². The molecule has 19 heavy (non-hydrogen) atoms. The number of rotatable bonds is 4. The van der Waals surface area contributed by atoms with Gasteiger partial charge in [0.25, 0.3) is 0 Å². The molecule has 0 bridgehead atoms. The second-order valence-electron chi connectivity index (χ2n) is 4.32. The summed E-state index contributed by atoms with van der Waals surface area (Å²) in [6.07, 6.45) is 3.36. The van der Waals surface area contributed by atoms with E-state index < -0.39 is 5.97 Å². The van der Waals surface area contributed by atoms with Gasteiger partial charge in [-0.1, -0.05) is 6.07 Å². The highest BCUT2D eigenvalue weighted by molar-refractivity contribution is 5.94. The summed E-state index contributed by atoms with van der Waals surface area (Å²) in [6.45, 7) is 4.16. The maximum atomic E-state index is 11.2. The molecule has 98 valence electrons. The number of nitrogens with zero attached hydrogens (tertiary/aromatic N) is 2. The molecule has 0 saturated heterocycles. The molecule has 0 atom stereocenters. The Hall–Kier alpha value is -2.43. The first-order valence-corrected chi connectivity index (χ1v) is 5.92. The molecular weight excluding hydrogens is 242 g/mol. The van der Waals surface area contributed by atoms with E-state index in [0.717, 1.165) is 11.3 Å². The van der Waals surface area contributed by atoms with Crippen molar-refractivity contribution in [2.24, 2.45) is 0 Å². The Kier molecular flexibility index (Phi) is 3.75. The molecular formula is C14H15N3O2. The number of nitrogens with one attached hydrogen (secondary N) is 1. The number of aromatic nitrogens is 2. The van der Waals surface area contributed by atoms with Crippen LogP contribution in [0.3, 0.4) is 0 Å². The summed E-state index contributed by atoms with van der Waals surface area (Å²) >= 11 is 0. The molecule has 0 amide bonds. The maximum Gasteiger partial charge on any atom is 0.339 e. The van der Waals surface area contributed by atoms with Gasteiger partial charge in [0, 0.05) is 24.6 Å². The van der Waals surface area contributed by atoms with Crippen molar-refractivity contribution in [3.63, 3.8) is 0 Å². The molecule has 0 unspecified atom stereocenters. The molecule has 0 saturated carbocycles. The lowest BCUT2D eigenvalue weighted by Gasteiger charge is -2.10. The average molecular weight is 257 g/mol. The van der Waals surface area contributed by atoms with Gasteiger partial charge in [-0.25, -0.2) is 9.78 Å². The van der Waals surface area contributed by atoms with E-state index in [0.29, 0.717) is 17.9 Å². The SMILES string of the molecule is Cc1ccc(CNc2nccc(C)c2C(=O)O)cn1. The monoisotopic (exact) mass is 257 g/mol. The zero-order valence-electron chi connectivity index (χ0n) is 10.8. The van der Waals surface area contributed by atoms with Crippen molar-refractivity contribution in [1.29, 1.82) is 0 Å². The molecule has 2 heterocycles. The zero-order valence-corrected chi connectivity index (χ0v) is 10.8. The molecule has 2 rings (SSSR count). The summed E-state index contributed by atoms with van der Waals surface area (Å²) in [6, 6.07) is 5.55. The van der Waals surface area contributed by atoms with Crippen LogP contribution in [0.2, 0.25) is 0 Å². The normalized spacial score (nSPS) is 10.2. The molecule has 0 aliphatic rings. The van der Waals surface area contributed by atoms with Crippen LogP contribution < -0.4 is 5.32 Å². The van der Waals surface area contributed by atoms with Gasteiger partial charge in [-0.2, -0.15) is 0 Å². The molecule has 0 spiro atoms. The van der Waals surface area contributed by atoms with E-state index in [9.17, 15) is 9.90 Å². The number of hydrogen-bond donors (Lipinski definition) is 2. The largest absolute Gasteiger partial charge is 0.478 e. The minimum Gasteiger partial charge on any atom is -0.478 e. The van der Waals surface area contributed by atoms with Crippen LogP contribution in [0, 0.1) is 13.8 Å². The van der Waals surface area contributed by atoms with E-state index >= 15 is 0 Å². The van der Waals surface area contributed by atoms with Crippen molar-refractivity contribution in [2.45, 2.75) is 20.4 Å². The van der Waals surface area contributed by atoms with E-state index in [-0.39, 0.29) is 5.56 Å². The van der Waals surface area contributed by atoms with Gasteiger partial charge in [0.15, 0.2) is 0 Å². The van der Waals surface area contributed by atoms with Crippen molar-refractivity contribution in [3.8, 4) is 0 Å². The van der Waals surface area contributed by atoms with E-state index in [1.54, 1.807) is 25.4 Å². The summed E-state index contributed by atoms with van der Waals surface area (Å²) in [7, 11) is 0. The molecule has 0 fully saturated rings. The van der Waals surface area contributed by atoms with Crippen LogP contribution in [0.1, 0.15) is 27.2 Å². The lowest BCUT2D eigenvalue weighted by Crippen LogP contribution is -2.10. The van der Waals surface area contributed by atoms with E-state index in [1.165, 1.54) is 0 Å². The van der Waals surface area contributed by atoms with Gasteiger partial charge in [-0.3, -0.25) is 4.98 Å². The van der Waals surface area contributed by atoms with Crippen molar-refractivity contribution >= 4 is 11.8 Å². The topological polar surface area (TPSA) is 75.1 Å². The lowest BCUT2D eigenvalue weighted by atomic mass is 10.1. The van der Waals surface area contributed by atoms with Crippen LogP contribution in [0.15, 0.2) is 30.6 Å². The fraction of sp³-hybridized carbons (Fsp3) is 0.214. The van der Waals surface area contributed by atoms with Crippen LogP contribution in [-0.2, 0) is 6.54 Å². The number of carboxylic acids is 1. The lowest BCUT2D eigenvalue weighted by molar-refractivity contribution is 0.0697. The summed E-state index contributed by atoms with van der Waals surface area (Å²) in [5, 5.41) is 12.2. The van der Waals surface area contributed by atoms with Crippen LogP contribution in [0.4, 0.5) is 5.82 Å². The number of anilines is 1. The molecule has 0 aliphatic carbocycles. The third-order valence-corrected chi connectivity index (χ3v) is 2.81. The molecule has 5 heteroatoms. The molecule has 2 N–H and O–H groups in total. The van der Waals surface area contributed by atoms with Crippen molar-refractivity contribution in [1.82, 2.24) is 9.97 Å². The standard InChI is InChI=1S/C14H15N3O2/c1-9-5-6-15-13(12(9)14(18)19)17-8-11-4-3-10(2)16-7-11/h3-7H,8H2,1-2H3,(H,15,17)(H,18,19). The van der Waals surface area contributed by atoms with Crippen LogP contribution in [-0.4, -0.2) is 21.0 Å². The minimum atomic E-state index is -0.977. The van der Waals surface area contributed by atoms with Crippen molar-refractivity contribution in [2.75, 3.05) is 5.32 Å². The Morgan fingerprint density at radius 1 is 1.26 bits per heavy atom. The van der Waals surface area contributed by atoms with Crippen molar-refractivity contribution < 1.29 is 9.90 Å².